The van der Waals surface area contributed by atoms with Gasteiger partial charge in [-0.25, -0.2) is 4.79 Å². The van der Waals surface area contributed by atoms with E-state index in [4.69, 9.17) is 18.9 Å². The molecule has 3 N–H and O–H groups in total. The number of phenolic OH excluding ortho intramolecular Hbond substituents is 1. The van der Waals surface area contributed by atoms with Gasteiger partial charge in [-0.2, -0.15) is 0 Å². The molecule has 3 aromatic rings. The number of carboxylic acids is 1. The molecule has 0 radical (unpaired) electrons. The molecule has 0 spiro atoms. The zero-order valence-electron chi connectivity index (χ0n) is 20.6. The summed E-state index contributed by atoms with van der Waals surface area (Å²) in [5, 5.41) is 21.3. The minimum atomic E-state index is -1.20. The molecule has 196 valence electrons. The van der Waals surface area contributed by atoms with Crippen molar-refractivity contribution in [2.24, 2.45) is 0 Å². The molecule has 1 aliphatic rings. The van der Waals surface area contributed by atoms with Crippen LogP contribution in [0.2, 0.25) is 0 Å². The second-order valence-corrected chi connectivity index (χ2v) is 8.33. The number of amides is 1. The van der Waals surface area contributed by atoms with Gasteiger partial charge < -0.3 is 34.5 Å². The van der Waals surface area contributed by atoms with Crippen LogP contribution in [-0.4, -0.2) is 54.7 Å². The van der Waals surface area contributed by atoms with Gasteiger partial charge in [-0.15, -0.1) is 0 Å². The zero-order valence-corrected chi connectivity index (χ0v) is 20.6. The highest BCUT2D eigenvalue weighted by atomic mass is 16.5. The van der Waals surface area contributed by atoms with Crippen molar-refractivity contribution in [2.45, 2.75) is 12.5 Å². The Bertz CT molecular complexity index is 1400. The van der Waals surface area contributed by atoms with Crippen molar-refractivity contribution in [3.63, 3.8) is 0 Å². The van der Waals surface area contributed by atoms with Gasteiger partial charge in [0.05, 0.1) is 19.8 Å². The first-order valence-corrected chi connectivity index (χ1v) is 11.5. The first kappa shape index (κ1) is 26.1. The Hall–Kier alpha value is -4.99. The van der Waals surface area contributed by atoms with E-state index < -0.39 is 24.5 Å². The van der Waals surface area contributed by atoms with Crippen molar-refractivity contribution in [3.8, 4) is 28.7 Å². The number of nitrogens with one attached hydrogen (secondary N) is 1. The quantitative estimate of drug-likeness (QED) is 0.344. The second-order valence-electron chi connectivity index (χ2n) is 8.33. The lowest BCUT2D eigenvalue weighted by Crippen LogP contribution is -2.44. The van der Waals surface area contributed by atoms with E-state index in [-0.39, 0.29) is 35.2 Å². The third-order valence-corrected chi connectivity index (χ3v) is 5.73. The molecule has 0 aliphatic carbocycles. The van der Waals surface area contributed by atoms with Crippen LogP contribution in [-0.2, 0) is 16.0 Å². The lowest BCUT2D eigenvalue weighted by Gasteiger charge is -2.15. The van der Waals surface area contributed by atoms with Crippen LogP contribution in [0.3, 0.4) is 0 Å². The number of allylic oxidation sites excluding steroid dienone is 1. The van der Waals surface area contributed by atoms with Crippen molar-refractivity contribution >= 4 is 23.7 Å². The van der Waals surface area contributed by atoms with Gasteiger partial charge in [0, 0.05) is 12.5 Å². The molecule has 0 aromatic heterocycles. The van der Waals surface area contributed by atoms with E-state index in [1.165, 1.54) is 44.6 Å². The van der Waals surface area contributed by atoms with E-state index in [9.17, 15) is 24.6 Å². The van der Waals surface area contributed by atoms with E-state index in [0.717, 1.165) is 0 Å². The molecule has 1 atom stereocenters. The fraction of sp³-hybridized carbons (Fsp3) is 0.179. The monoisotopic (exact) mass is 519 g/mol. The Morgan fingerprint density at radius 1 is 1.00 bits per heavy atom. The number of ketones is 1. The summed E-state index contributed by atoms with van der Waals surface area (Å²) >= 11 is 0. The van der Waals surface area contributed by atoms with Gasteiger partial charge in [-0.1, -0.05) is 18.2 Å². The van der Waals surface area contributed by atoms with Crippen LogP contribution in [0.5, 0.6) is 28.7 Å². The van der Waals surface area contributed by atoms with Crippen LogP contribution in [0.15, 0.2) is 66.4 Å². The van der Waals surface area contributed by atoms with Crippen LogP contribution in [0.4, 0.5) is 0 Å². The van der Waals surface area contributed by atoms with Gasteiger partial charge in [0.2, 0.25) is 5.78 Å². The Morgan fingerprint density at radius 2 is 1.74 bits per heavy atom. The molecule has 0 bridgehead atoms. The molecule has 1 heterocycles. The maximum absolute atomic E-state index is 12.8. The fourth-order valence-corrected chi connectivity index (χ4v) is 3.80. The molecule has 0 saturated heterocycles. The van der Waals surface area contributed by atoms with Gasteiger partial charge in [-0.05, 0) is 53.6 Å². The third-order valence-electron chi connectivity index (χ3n) is 5.73. The Balaban J connectivity index is 1.38. The van der Waals surface area contributed by atoms with Crippen LogP contribution < -0.4 is 24.3 Å². The number of aliphatic carboxylic acids is 1. The molecule has 0 fully saturated rings. The number of ether oxygens (including phenoxy) is 4. The van der Waals surface area contributed by atoms with Crippen LogP contribution in [0, 0.1) is 0 Å². The van der Waals surface area contributed by atoms with Gasteiger partial charge in [-0.3, -0.25) is 9.59 Å². The summed E-state index contributed by atoms with van der Waals surface area (Å²) in [5.41, 5.74) is 1.65. The zero-order chi connectivity index (χ0) is 27.2. The lowest BCUT2D eigenvalue weighted by atomic mass is 10.1. The maximum atomic E-state index is 12.8. The van der Waals surface area contributed by atoms with E-state index in [1.54, 1.807) is 36.4 Å². The van der Waals surface area contributed by atoms with Crippen molar-refractivity contribution in [1.82, 2.24) is 5.32 Å². The number of aromatic hydroxyl groups is 1. The molecule has 0 saturated carbocycles. The van der Waals surface area contributed by atoms with E-state index in [1.807, 2.05) is 0 Å². The highest BCUT2D eigenvalue weighted by molar-refractivity contribution is 6.14. The summed E-state index contributed by atoms with van der Waals surface area (Å²) in [6.45, 7) is -0.444. The number of benzene rings is 3. The van der Waals surface area contributed by atoms with E-state index >= 15 is 0 Å². The molecule has 38 heavy (non-hydrogen) atoms. The first-order valence-electron chi connectivity index (χ1n) is 11.5. The number of carbonyl (C=O) groups excluding carboxylic acids is 2. The SMILES string of the molecule is COc1ccc(C=C2Oc3cc(OCC(=O)NC(Cc4ccc(O)cc4)C(=O)O)ccc3C2=O)cc1OC. The second kappa shape index (κ2) is 11.4. The molecule has 3 aromatic carbocycles. The average Bonchev–Trinajstić information content (AvgIpc) is 3.22. The van der Waals surface area contributed by atoms with Crippen LogP contribution in [0.25, 0.3) is 6.08 Å². The van der Waals surface area contributed by atoms with Crippen molar-refractivity contribution in [3.05, 3.63) is 83.1 Å². The normalized spacial score (nSPS) is 13.8. The molecular formula is C28H25NO9. The highest BCUT2D eigenvalue weighted by Gasteiger charge is 2.28. The number of carboxylic acid groups (broad SMARTS) is 1. The van der Waals surface area contributed by atoms with Gasteiger partial charge in [0.15, 0.2) is 23.9 Å². The first-order chi connectivity index (χ1) is 18.3. The molecule has 10 nitrogen and oxygen atoms in total. The van der Waals surface area contributed by atoms with E-state index in [2.05, 4.69) is 5.32 Å². The van der Waals surface area contributed by atoms with Crippen LogP contribution in [0.1, 0.15) is 21.5 Å². The topological polar surface area (TPSA) is 141 Å². The van der Waals surface area contributed by atoms with Crippen molar-refractivity contribution in [1.29, 1.82) is 0 Å². The molecule has 10 heteroatoms. The minimum Gasteiger partial charge on any atom is -0.508 e. The van der Waals surface area contributed by atoms with Gasteiger partial charge in [0.1, 0.15) is 23.3 Å². The average molecular weight is 520 g/mol. The van der Waals surface area contributed by atoms with Gasteiger partial charge >= 0.3 is 5.97 Å². The predicted molar refractivity (Wildman–Crippen MR) is 136 cm³/mol. The summed E-state index contributed by atoms with van der Waals surface area (Å²) in [7, 11) is 3.04. The number of carbonyl (C=O) groups is 3. The highest BCUT2D eigenvalue weighted by Crippen LogP contribution is 2.36. The molecule has 4 rings (SSSR count). The fourth-order valence-electron chi connectivity index (χ4n) is 3.80. The third kappa shape index (κ3) is 6.04. The Kier molecular flexibility index (Phi) is 7.81. The lowest BCUT2D eigenvalue weighted by molar-refractivity contribution is -0.142. The summed E-state index contributed by atoms with van der Waals surface area (Å²) in [6, 6.07) is 14.6. The Morgan fingerprint density at radius 3 is 2.42 bits per heavy atom. The molecular weight excluding hydrogens is 494 g/mol. The predicted octanol–water partition coefficient (Wildman–Crippen LogP) is 3.22. The molecule has 1 unspecified atom stereocenters. The van der Waals surface area contributed by atoms with Gasteiger partial charge in [0.25, 0.3) is 5.91 Å². The largest absolute Gasteiger partial charge is 0.508 e. The number of Topliss-reactive ketones (excluding diaryl/α,β-unsaturated/α-hetero) is 1. The Labute approximate surface area is 218 Å². The van der Waals surface area contributed by atoms with E-state index in [0.29, 0.717) is 28.2 Å². The smallest absolute Gasteiger partial charge is 0.326 e. The van der Waals surface area contributed by atoms with Crippen molar-refractivity contribution in [2.75, 3.05) is 20.8 Å². The number of hydrogen-bond acceptors (Lipinski definition) is 8. The number of methoxy groups -OCH3 is 2. The standard InChI is InChI=1S/C28H25NO9/c1-35-22-10-5-17(12-24(22)36-2)13-25-27(32)20-9-8-19(14-23(20)38-25)37-15-26(31)29-21(28(33)34)11-16-3-6-18(30)7-4-16/h3-10,12-14,21,30H,11,15H2,1-2H3,(H,29,31)(H,33,34). The van der Waals surface area contributed by atoms with Crippen molar-refractivity contribution < 1.29 is 43.5 Å². The number of hydrogen-bond donors (Lipinski definition) is 3. The summed E-state index contributed by atoms with van der Waals surface area (Å²) < 4.78 is 21.8. The number of phenols is 1. The summed E-state index contributed by atoms with van der Waals surface area (Å²) in [6.07, 6.45) is 1.61. The molecule has 1 amide bonds. The summed E-state index contributed by atoms with van der Waals surface area (Å²) in [5.74, 6) is -0.378. The van der Waals surface area contributed by atoms with Crippen LogP contribution >= 0.6 is 0 Å². The number of rotatable bonds is 10. The number of fused-ring (bicyclic) bond motifs is 1. The molecule has 1 aliphatic heterocycles. The minimum absolute atomic E-state index is 0.0331. The maximum Gasteiger partial charge on any atom is 0.326 e. The summed E-state index contributed by atoms with van der Waals surface area (Å²) in [4.78, 5) is 36.7.